The van der Waals surface area contributed by atoms with Crippen LogP contribution in [0.3, 0.4) is 0 Å². The Morgan fingerprint density at radius 2 is 1.65 bits per heavy atom. The van der Waals surface area contributed by atoms with Crippen LogP contribution in [0.1, 0.15) is 82.5 Å². The zero-order valence-electron chi connectivity index (χ0n) is 22.7. The number of carbonyl (C=O) groups excluding carboxylic acids is 2. The Hall–Kier alpha value is -2.66. The van der Waals surface area contributed by atoms with Crippen LogP contribution in [0, 0.1) is 11.8 Å². The molecule has 40 heavy (non-hydrogen) atoms. The summed E-state index contributed by atoms with van der Waals surface area (Å²) in [6, 6.07) is 6.28. The molecule has 0 spiro atoms. The van der Waals surface area contributed by atoms with Crippen LogP contribution in [0.2, 0.25) is 0 Å². The predicted molar refractivity (Wildman–Crippen MR) is 142 cm³/mol. The molecular formula is C29H39F3N4O4. The minimum absolute atomic E-state index is 0.0126. The number of fused-ring (bicyclic) bond motifs is 1. The van der Waals surface area contributed by atoms with Gasteiger partial charge in [0, 0.05) is 25.2 Å². The van der Waals surface area contributed by atoms with Crippen LogP contribution in [-0.4, -0.2) is 67.8 Å². The van der Waals surface area contributed by atoms with Crippen LogP contribution in [0.25, 0.3) is 11.0 Å². The van der Waals surface area contributed by atoms with Gasteiger partial charge in [-0.3, -0.25) is 9.59 Å². The molecule has 1 unspecified atom stereocenters. The molecule has 2 aromatic rings. The minimum Gasteiger partial charge on any atom is -0.380 e. The van der Waals surface area contributed by atoms with Gasteiger partial charge >= 0.3 is 6.18 Å². The molecule has 11 heteroatoms. The maximum Gasteiger partial charge on any atom is 0.449 e. The molecule has 2 amide bonds. The van der Waals surface area contributed by atoms with Crippen LogP contribution >= 0.6 is 0 Å². The van der Waals surface area contributed by atoms with Gasteiger partial charge in [0.1, 0.15) is 0 Å². The van der Waals surface area contributed by atoms with Crippen molar-refractivity contribution in [3.63, 3.8) is 0 Å². The van der Waals surface area contributed by atoms with E-state index in [0.29, 0.717) is 49.2 Å². The maximum absolute atomic E-state index is 13.7. The standard InChI is InChI=1S/C29H39F3N4O4/c30-29(31,32)28-34-21-9-4-5-10-23(21)36(28)20-14-12-18(13-15-20)17-33-26(39)24(37)25(38)27(40)35-16-6-11-22(35)19-7-2-1-3-8-19/h4-5,9-10,18-20,22,24-25,37-38H,1-3,6-8,11-17H2,(H,33,39)/t18?,20?,22?,24-,25-/m1/s1. The van der Waals surface area contributed by atoms with E-state index in [-0.39, 0.29) is 24.5 Å². The molecule has 2 heterocycles. The first kappa shape index (κ1) is 28.9. The Kier molecular flexibility index (Phi) is 8.70. The summed E-state index contributed by atoms with van der Waals surface area (Å²) in [5.74, 6) is -1.88. The van der Waals surface area contributed by atoms with Crippen molar-refractivity contribution in [2.24, 2.45) is 11.8 Å². The van der Waals surface area contributed by atoms with Crippen molar-refractivity contribution in [2.45, 2.75) is 101 Å². The van der Waals surface area contributed by atoms with Gasteiger partial charge in [0.2, 0.25) is 5.82 Å². The van der Waals surface area contributed by atoms with E-state index >= 15 is 0 Å². The molecule has 3 atom stereocenters. The molecule has 1 aliphatic heterocycles. The SMILES string of the molecule is O=C(NCC1CCC(n2c(C(F)(F)F)nc3ccccc32)CC1)[C@H](O)[C@@H](O)C(=O)N1CCCC1C1CCCCC1. The lowest BCUT2D eigenvalue weighted by Gasteiger charge is -2.35. The van der Waals surface area contributed by atoms with E-state index < -0.39 is 36.0 Å². The molecule has 0 bridgehead atoms. The zero-order chi connectivity index (χ0) is 28.4. The van der Waals surface area contributed by atoms with Crippen molar-refractivity contribution in [3.05, 3.63) is 30.1 Å². The predicted octanol–water partition coefficient (Wildman–Crippen LogP) is 4.20. The third-order valence-electron chi connectivity index (χ3n) is 9.19. The lowest BCUT2D eigenvalue weighted by Crippen LogP contribution is -2.53. The first-order valence-electron chi connectivity index (χ1n) is 14.6. The number of rotatable bonds is 7. The molecular weight excluding hydrogens is 525 g/mol. The summed E-state index contributed by atoms with van der Waals surface area (Å²) in [6.07, 6.45) is 1.23. The molecule has 220 valence electrons. The van der Waals surface area contributed by atoms with Gasteiger partial charge in [0.25, 0.3) is 11.8 Å². The number of benzene rings is 1. The van der Waals surface area contributed by atoms with Gasteiger partial charge < -0.3 is 25.0 Å². The molecule has 2 saturated carbocycles. The van der Waals surface area contributed by atoms with E-state index in [1.807, 2.05) is 0 Å². The number of likely N-dealkylation sites (tertiary alicyclic amines) is 1. The summed E-state index contributed by atoms with van der Waals surface area (Å²) < 4.78 is 42.5. The fraction of sp³-hybridized carbons (Fsp3) is 0.690. The highest BCUT2D eigenvalue weighted by Gasteiger charge is 2.42. The number of nitrogens with zero attached hydrogens (tertiary/aromatic N) is 3. The number of aromatic nitrogens is 2. The van der Waals surface area contributed by atoms with E-state index in [9.17, 15) is 33.0 Å². The first-order valence-corrected chi connectivity index (χ1v) is 14.6. The van der Waals surface area contributed by atoms with E-state index in [2.05, 4.69) is 10.3 Å². The number of aliphatic hydroxyl groups is 2. The van der Waals surface area contributed by atoms with Crippen molar-refractivity contribution < 1.29 is 33.0 Å². The highest BCUT2D eigenvalue weighted by molar-refractivity contribution is 5.91. The number of amides is 2. The molecule has 3 fully saturated rings. The average Bonchev–Trinajstić information content (AvgIpc) is 3.61. The summed E-state index contributed by atoms with van der Waals surface area (Å²) >= 11 is 0. The summed E-state index contributed by atoms with van der Waals surface area (Å²) in [7, 11) is 0. The number of para-hydroxylation sites is 2. The van der Waals surface area contributed by atoms with Crippen molar-refractivity contribution in [3.8, 4) is 0 Å². The van der Waals surface area contributed by atoms with E-state index in [4.69, 9.17) is 0 Å². The average molecular weight is 565 g/mol. The second kappa shape index (κ2) is 12.1. The molecule has 1 aromatic heterocycles. The van der Waals surface area contributed by atoms with Crippen LogP contribution in [0.15, 0.2) is 24.3 Å². The molecule has 1 aromatic carbocycles. The van der Waals surface area contributed by atoms with Crippen LogP contribution in [0.5, 0.6) is 0 Å². The first-order chi connectivity index (χ1) is 19.1. The van der Waals surface area contributed by atoms with Gasteiger partial charge in [-0.1, -0.05) is 31.4 Å². The zero-order valence-corrected chi connectivity index (χ0v) is 22.7. The number of carbonyl (C=O) groups is 2. The number of aliphatic hydroxyl groups excluding tert-OH is 2. The fourth-order valence-corrected chi connectivity index (χ4v) is 7.09. The second-order valence-electron chi connectivity index (χ2n) is 11.7. The number of alkyl halides is 3. The van der Waals surface area contributed by atoms with Gasteiger partial charge in [0.05, 0.1) is 11.0 Å². The smallest absolute Gasteiger partial charge is 0.380 e. The molecule has 3 aliphatic rings. The largest absolute Gasteiger partial charge is 0.449 e. The monoisotopic (exact) mass is 564 g/mol. The number of imidazole rings is 1. The molecule has 5 rings (SSSR count). The van der Waals surface area contributed by atoms with Crippen molar-refractivity contribution in [1.29, 1.82) is 0 Å². The Morgan fingerprint density at radius 1 is 0.950 bits per heavy atom. The van der Waals surface area contributed by atoms with E-state index in [1.165, 1.54) is 11.0 Å². The molecule has 2 aliphatic carbocycles. The van der Waals surface area contributed by atoms with Gasteiger partial charge in [-0.2, -0.15) is 13.2 Å². The van der Waals surface area contributed by atoms with Crippen molar-refractivity contribution >= 4 is 22.8 Å². The quantitative estimate of drug-likeness (QED) is 0.468. The van der Waals surface area contributed by atoms with Gasteiger partial charge in [-0.05, 0) is 75.3 Å². The van der Waals surface area contributed by atoms with Crippen molar-refractivity contribution in [2.75, 3.05) is 13.1 Å². The lowest BCUT2D eigenvalue weighted by atomic mass is 9.83. The lowest BCUT2D eigenvalue weighted by molar-refractivity contribution is -0.154. The number of hydrogen-bond acceptors (Lipinski definition) is 5. The number of hydrogen-bond donors (Lipinski definition) is 3. The third-order valence-corrected chi connectivity index (χ3v) is 9.19. The Balaban J connectivity index is 1.13. The Labute approximate surface area is 231 Å². The van der Waals surface area contributed by atoms with Crippen LogP contribution < -0.4 is 5.32 Å². The van der Waals surface area contributed by atoms with Crippen molar-refractivity contribution in [1.82, 2.24) is 19.8 Å². The third kappa shape index (κ3) is 6.00. The number of halogens is 3. The summed E-state index contributed by atoms with van der Waals surface area (Å²) in [4.78, 5) is 31.2. The van der Waals surface area contributed by atoms with Gasteiger partial charge in [-0.15, -0.1) is 0 Å². The van der Waals surface area contributed by atoms with Crippen LogP contribution in [-0.2, 0) is 15.8 Å². The Morgan fingerprint density at radius 3 is 2.35 bits per heavy atom. The molecule has 0 radical (unpaired) electrons. The Bertz CT molecular complexity index is 1190. The van der Waals surface area contributed by atoms with Gasteiger partial charge in [0.15, 0.2) is 12.2 Å². The highest BCUT2D eigenvalue weighted by Crippen LogP contribution is 2.40. The minimum atomic E-state index is -4.57. The van der Waals surface area contributed by atoms with E-state index in [1.54, 1.807) is 29.2 Å². The summed E-state index contributed by atoms with van der Waals surface area (Å²) in [5.41, 5.74) is 0.766. The molecule has 8 nitrogen and oxygen atoms in total. The van der Waals surface area contributed by atoms with Crippen LogP contribution in [0.4, 0.5) is 13.2 Å². The maximum atomic E-state index is 13.7. The number of nitrogens with one attached hydrogen (secondary N) is 1. The van der Waals surface area contributed by atoms with E-state index in [0.717, 1.165) is 38.5 Å². The second-order valence-corrected chi connectivity index (χ2v) is 11.7. The van der Waals surface area contributed by atoms with Gasteiger partial charge in [-0.25, -0.2) is 4.98 Å². The summed E-state index contributed by atoms with van der Waals surface area (Å²) in [6.45, 7) is 0.742. The topological polar surface area (TPSA) is 108 Å². The summed E-state index contributed by atoms with van der Waals surface area (Å²) in [5, 5.41) is 23.7. The fourth-order valence-electron chi connectivity index (χ4n) is 7.09. The normalized spacial score (nSPS) is 26.1. The molecule has 1 saturated heterocycles. The highest BCUT2D eigenvalue weighted by atomic mass is 19.4. The molecule has 3 N–H and O–H groups in total.